The zero-order valence-corrected chi connectivity index (χ0v) is 11.7. The Labute approximate surface area is 124 Å². The summed E-state index contributed by atoms with van der Waals surface area (Å²) in [5.74, 6) is -0.889. The van der Waals surface area contributed by atoms with Crippen LogP contribution in [0.15, 0.2) is 24.3 Å². The number of aromatic nitrogens is 1. The molecule has 0 saturated heterocycles. The second-order valence-corrected chi connectivity index (χ2v) is 4.83. The first-order valence-electron chi connectivity index (χ1n) is 6.37. The van der Waals surface area contributed by atoms with E-state index in [4.69, 9.17) is 0 Å². The molecule has 0 atom stereocenters. The molecule has 0 spiro atoms. The average molecular weight is 298 g/mol. The number of benzene rings is 1. The molecule has 3 rings (SSSR count). The fraction of sp³-hybridized carbons (Fsp3) is 0.133. The quantitative estimate of drug-likeness (QED) is 0.409. The van der Waals surface area contributed by atoms with Gasteiger partial charge in [0.15, 0.2) is 5.78 Å². The molecule has 0 radical (unpaired) electrons. The highest BCUT2D eigenvalue weighted by molar-refractivity contribution is 6.21. The number of nitrogens with zero attached hydrogens (tertiary/aromatic N) is 2. The van der Waals surface area contributed by atoms with E-state index in [1.54, 1.807) is 6.92 Å². The minimum Gasteiger partial charge on any atom is -0.465 e. The Hall–Kier alpha value is -3.09. The number of methoxy groups -OCH3 is 1. The van der Waals surface area contributed by atoms with E-state index >= 15 is 0 Å². The standard InChI is InChI=1S/C15H10N2O5/c1-7-10(15(19)22-2)6-12-13(16-7)11-5-8(17(20)21)3-4-9(11)14(12)18/h3-6H,1-2H3. The highest BCUT2D eigenvalue weighted by Gasteiger charge is 2.31. The van der Waals surface area contributed by atoms with Crippen molar-refractivity contribution in [2.45, 2.75) is 6.92 Å². The van der Waals surface area contributed by atoms with Crippen molar-refractivity contribution in [3.05, 3.63) is 56.8 Å². The zero-order valence-electron chi connectivity index (χ0n) is 11.7. The van der Waals surface area contributed by atoms with Crippen molar-refractivity contribution >= 4 is 17.4 Å². The van der Waals surface area contributed by atoms with Crippen LogP contribution in [0.25, 0.3) is 11.3 Å². The van der Waals surface area contributed by atoms with Crippen LogP contribution in [0.5, 0.6) is 0 Å². The van der Waals surface area contributed by atoms with E-state index in [9.17, 15) is 19.7 Å². The number of ether oxygens (including phenoxy) is 1. The van der Waals surface area contributed by atoms with Crippen LogP contribution in [0.1, 0.15) is 32.0 Å². The smallest absolute Gasteiger partial charge is 0.339 e. The maximum atomic E-state index is 12.4. The van der Waals surface area contributed by atoms with Gasteiger partial charge in [-0.15, -0.1) is 0 Å². The average Bonchev–Trinajstić information content (AvgIpc) is 2.78. The van der Waals surface area contributed by atoms with Gasteiger partial charge in [-0.3, -0.25) is 19.9 Å². The number of carbonyl (C=O) groups is 2. The summed E-state index contributed by atoms with van der Waals surface area (Å²) in [6.07, 6.45) is 0. The summed E-state index contributed by atoms with van der Waals surface area (Å²) >= 11 is 0. The highest BCUT2D eigenvalue weighted by atomic mass is 16.6. The maximum Gasteiger partial charge on any atom is 0.339 e. The fourth-order valence-corrected chi connectivity index (χ4v) is 2.49. The van der Waals surface area contributed by atoms with Crippen LogP contribution in [0.2, 0.25) is 0 Å². The third-order valence-corrected chi connectivity index (χ3v) is 3.58. The fourth-order valence-electron chi connectivity index (χ4n) is 2.49. The van der Waals surface area contributed by atoms with Gasteiger partial charge >= 0.3 is 5.97 Å². The first-order chi connectivity index (χ1) is 10.4. The lowest BCUT2D eigenvalue weighted by Gasteiger charge is -2.06. The Balaban J connectivity index is 2.24. The summed E-state index contributed by atoms with van der Waals surface area (Å²) in [6.45, 7) is 1.62. The third kappa shape index (κ3) is 1.86. The van der Waals surface area contributed by atoms with Crippen molar-refractivity contribution in [3.63, 3.8) is 0 Å². The Morgan fingerprint density at radius 2 is 1.95 bits per heavy atom. The van der Waals surface area contributed by atoms with E-state index in [1.165, 1.54) is 31.4 Å². The molecule has 0 fully saturated rings. The van der Waals surface area contributed by atoms with Crippen LogP contribution < -0.4 is 0 Å². The number of rotatable bonds is 2. The molecule has 0 aliphatic heterocycles. The summed E-state index contributed by atoms with van der Waals surface area (Å²) in [7, 11) is 1.24. The molecule has 0 amide bonds. The number of non-ortho nitro benzene ring substituents is 1. The predicted molar refractivity (Wildman–Crippen MR) is 75.8 cm³/mol. The summed E-state index contributed by atoms with van der Waals surface area (Å²) in [6, 6.07) is 5.43. The van der Waals surface area contributed by atoms with Crippen LogP contribution in [0, 0.1) is 17.0 Å². The van der Waals surface area contributed by atoms with E-state index in [0.717, 1.165) is 0 Å². The number of carbonyl (C=O) groups excluding carboxylic acids is 2. The largest absolute Gasteiger partial charge is 0.465 e. The monoisotopic (exact) mass is 298 g/mol. The van der Waals surface area contributed by atoms with Crippen molar-refractivity contribution < 1.29 is 19.2 Å². The maximum absolute atomic E-state index is 12.4. The molecule has 1 aromatic carbocycles. The van der Waals surface area contributed by atoms with Gasteiger partial charge in [0.2, 0.25) is 0 Å². The molecule has 0 saturated carbocycles. The van der Waals surface area contributed by atoms with E-state index in [1.807, 2.05) is 0 Å². The van der Waals surface area contributed by atoms with Gasteiger partial charge in [0.1, 0.15) is 0 Å². The first-order valence-corrected chi connectivity index (χ1v) is 6.37. The summed E-state index contributed by atoms with van der Waals surface area (Å²) in [5, 5.41) is 10.9. The highest BCUT2D eigenvalue weighted by Crippen LogP contribution is 2.38. The lowest BCUT2D eigenvalue weighted by Crippen LogP contribution is -2.08. The van der Waals surface area contributed by atoms with Crippen LogP contribution in [-0.4, -0.2) is 28.8 Å². The summed E-state index contributed by atoms with van der Waals surface area (Å²) < 4.78 is 4.66. The molecule has 7 heteroatoms. The molecule has 7 nitrogen and oxygen atoms in total. The molecule has 1 aliphatic carbocycles. The number of fused-ring (bicyclic) bond motifs is 3. The predicted octanol–water partition coefficient (Wildman–Crippen LogP) is 2.30. The Morgan fingerprint density at radius 1 is 1.23 bits per heavy atom. The van der Waals surface area contributed by atoms with Gasteiger partial charge in [-0.05, 0) is 19.1 Å². The normalized spacial score (nSPS) is 11.8. The summed E-state index contributed by atoms with van der Waals surface area (Å²) in [5.41, 5.74) is 1.85. The van der Waals surface area contributed by atoms with Gasteiger partial charge in [-0.1, -0.05) is 0 Å². The molecule has 22 heavy (non-hydrogen) atoms. The third-order valence-electron chi connectivity index (χ3n) is 3.58. The molecule has 110 valence electrons. The van der Waals surface area contributed by atoms with Crippen LogP contribution in [0.3, 0.4) is 0 Å². The Morgan fingerprint density at radius 3 is 2.59 bits per heavy atom. The van der Waals surface area contributed by atoms with Crippen LogP contribution >= 0.6 is 0 Å². The van der Waals surface area contributed by atoms with Crippen LogP contribution in [-0.2, 0) is 4.74 Å². The number of nitro groups is 1. The minimum absolute atomic E-state index is 0.115. The topological polar surface area (TPSA) is 99.4 Å². The number of pyridine rings is 1. The second-order valence-electron chi connectivity index (χ2n) is 4.83. The van der Waals surface area contributed by atoms with Crippen molar-refractivity contribution in [3.8, 4) is 11.3 Å². The molecule has 0 N–H and O–H groups in total. The van der Waals surface area contributed by atoms with E-state index in [0.29, 0.717) is 22.5 Å². The molecular formula is C15H10N2O5. The first kappa shape index (κ1) is 13.9. The minimum atomic E-state index is -0.581. The van der Waals surface area contributed by atoms with Gasteiger partial charge in [-0.25, -0.2) is 4.79 Å². The Bertz CT molecular complexity index is 857. The van der Waals surface area contributed by atoms with Gasteiger partial charge in [0.05, 0.1) is 29.0 Å². The SMILES string of the molecule is COC(=O)c1cc2c(nc1C)-c1cc([N+](=O)[O-])ccc1C2=O. The number of esters is 1. The molecule has 1 aromatic heterocycles. The van der Waals surface area contributed by atoms with E-state index < -0.39 is 10.9 Å². The molecule has 0 unspecified atom stereocenters. The van der Waals surface area contributed by atoms with Gasteiger partial charge in [0.25, 0.3) is 5.69 Å². The second kappa shape index (κ2) is 4.73. The number of ketones is 1. The molecule has 0 bridgehead atoms. The van der Waals surface area contributed by atoms with E-state index in [-0.39, 0.29) is 22.6 Å². The van der Waals surface area contributed by atoms with Crippen LogP contribution in [0.4, 0.5) is 5.69 Å². The number of aryl methyl sites for hydroxylation is 1. The molecule has 2 aromatic rings. The van der Waals surface area contributed by atoms with E-state index in [2.05, 4.69) is 9.72 Å². The number of hydrogen-bond donors (Lipinski definition) is 0. The lowest BCUT2D eigenvalue weighted by molar-refractivity contribution is -0.384. The molecule has 1 heterocycles. The van der Waals surface area contributed by atoms with Gasteiger partial charge < -0.3 is 4.74 Å². The molecular weight excluding hydrogens is 288 g/mol. The number of nitro benzene ring substituents is 1. The van der Waals surface area contributed by atoms with Gasteiger partial charge in [0, 0.05) is 28.8 Å². The summed E-state index contributed by atoms with van der Waals surface area (Å²) in [4.78, 5) is 38.7. The van der Waals surface area contributed by atoms with Crippen molar-refractivity contribution in [1.29, 1.82) is 0 Å². The van der Waals surface area contributed by atoms with Crippen molar-refractivity contribution in [2.24, 2.45) is 0 Å². The lowest BCUT2D eigenvalue weighted by atomic mass is 10.1. The van der Waals surface area contributed by atoms with Gasteiger partial charge in [-0.2, -0.15) is 0 Å². The zero-order chi connectivity index (χ0) is 16.0. The van der Waals surface area contributed by atoms with Crippen molar-refractivity contribution in [2.75, 3.05) is 7.11 Å². The molecule has 1 aliphatic rings. The van der Waals surface area contributed by atoms with Crippen molar-refractivity contribution in [1.82, 2.24) is 4.98 Å². The number of hydrogen-bond acceptors (Lipinski definition) is 6. The Kier molecular flexibility index (Phi) is 2.98.